The Balaban J connectivity index is 1.43. The predicted octanol–water partition coefficient (Wildman–Crippen LogP) is 0.918. The van der Waals surface area contributed by atoms with E-state index >= 15 is 0 Å². The van der Waals surface area contributed by atoms with Gasteiger partial charge in [0, 0.05) is 12.1 Å². The zero-order chi connectivity index (χ0) is 17.0. The van der Waals surface area contributed by atoms with Crippen LogP contribution in [0, 0.1) is 0 Å². The van der Waals surface area contributed by atoms with Crippen LogP contribution in [0.25, 0.3) is 0 Å². The lowest BCUT2D eigenvalue weighted by Gasteiger charge is -2.29. The average Bonchev–Trinajstić information content (AvgIpc) is 3.27. The highest BCUT2D eigenvalue weighted by atomic mass is 32.2. The summed E-state index contributed by atoms with van der Waals surface area (Å²) in [6.45, 7) is -0.244. The number of hydrogen-bond donors (Lipinski definition) is 2. The molecule has 2 N–H and O–H groups in total. The molecule has 0 radical (unpaired) electrons. The molecule has 1 aliphatic carbocycles. The van der Waals surface area contributed by atoms with Crippen LogP contribution in [0.5, 0.6) is 0 Å². The molecule has 3 rings (SSSR count). The molecule has 0 spiro atoms. The summed E-state index contributed by atoms with van der Waals surface area (Å²) in [4.78, 5) is 12.0. The molecular weight excluding hydrogens is 350 g/mol. The number of nitrogens with one attached hydrogen (secondary N) is 2. The Bertz CT molecular complexity index is 750. The van der Waals surface area contributed by atoms with Crippen LogP contribution in [0.4, 0.5) is 0 Å². The minimum atomic E-state index is -3.60. The van der Waals surface area contributed by atoms with Crippen molar-refractivity contribution in [2.45, 2.75) is 42.0 Å². The molecule has 24 heavy (non-hydrogen) atoms. The summed E-state index contributed by atoms with van der Waals surface area (Å²) in [6, 6.07) is 3.62. The van der Waals surface area contributed by atoms with E-state index in [1.54, 1.807) is 24.1 Å². The van der Waals surface area contributed by atoms with Gasteiger partial charge in [0.15, 0.2) is 0 Å². The van der Waals surface area contributed by atoms with Crippen LogP contribution in [0.15, 0.2) is 34.4 Å². The number of nitrogens with zero attached hydrogens (tertiary/aromatic N) is 3. The van der Waals surface area contributed by atoms with Gasteiger partial charge in [-0.2, -0.15) is 0 Å². The van der Waals surface area contributed by atoms with E-state index in [1.165, 1.54) is 6.07 Å². The second-order valence-electron chi connectivity index (χ2n) is 5.74. The van der Waals surface area contributed by atoms with Crippen molar-refractivity contribution >= 4 is 27.3 Å². The van der Waals surface area contributed by atoms with E-state index in [4.69, 9.17) is 0 Å². The van der Waals surface area contributed by atoms with Crippen molar-refractivity contribution in [2.75, 3.05) is 6.54 Å². The molecule has 0 aliphatic heterocycles. The summed E-state index contributed by atoms with van der Waals surface area (Å²) >= 11 is 1.12. The minimum absolute atomic E-state index is 0.0801. The quantitative estimate of drug-likeness (QED) is 0.787. The second-order valence-corrected chi connectivity index (χ2v) is 8.68. The molecule has 130 valence electrons. The van der Waals surface area contributed by atoms with E-state index in [0.29, 0.717) is 6.04 Å². The first-order valence-electron chi connectivity index (χ1n) is 7.71. The summed E-state index contributed by atoms with van der Waals surface area (Å²) in [5.41, 5.74) is 0. The summed E-state index contributed by atoms with van der Waals surface area (Å²) in [7, 11) is -3.60. The molecule has 0 unspecified atom stereocenters. The van der Waals surface area contributed by atoms with Crippen LogP contribution in [0.2, 0.25) is 0 Å². The summed E-state index contributed by atoms with van der Waals surface area (Å²) in [5, 5.41) is 12.2. The molecule has 2 heterocycles. The fourth-order valence-corrected chi connectivity index (χ4v) is 4.86. The average molecular weight is 369 g/mol. The van der Waals surface area contributed by atoms with Crippen LogP contribution in [-0.2, 0) is 14.8 Å². The number of thiophene rings is 1. The largest absolute Gasteiger partial charge is 0.352 e. The Morgan fingerprint density at radius 2 is 1.96 bits per heavy atom. The van der Waals surface area contributed by atoms with Gasteiger partial charge in [-0.1, -0.05) is 6.07 Å². The summed E-state index contributed by atoms with van der Waals surface area (Å²) in [5.74, 6) is -0.303. The van der Waals surface area contributed by atoms with Gasteiger partial charge in [-0.25, -0.2) is 13.1 Å². The first-order chi connectivity index (χ1) is 11.5. The Morgan fingerprint density at radius 3 is 2.58 bits per heavy atom. The van der Waals surface area contributed by atoms with Crippen LogP contribution >= 0.6 is 11.3 Å². The third kappa shape index (κ3) is 4.19. The number of sulfonamides is 1. The van der Waals surface area contributed by atoms with Gasteiger partial charge in [-0.3, -0.25) is 4.79 Å². The maximum absolute atomic E-state index is 12.0. The van der Waals surface area contributed by atoms with Gasteiger partial charge in [0.1, 0.15) is 16.9 Å². The van der Waals surface area contributed by atoms with Crippen molar-refractivity contribution in [3.05, 3.63) is 30.2 Å². The lowest BCUT2D eigenvalue weighted by Crippen LogP contribution is -2.43. The van der Waals surface area contributed by atoms with Crippen molar-refractivity contribution in [2.24, 2.45) is 0 Å². The lowest BCUT2D eigenvalue weighted by molar-refractivity contribution is -0.120. The number of aromatic nitrogens is 3. The van der Waals surface area contributed by atoms with Gasteiger partial charge in [-0.05, 0) is 37.1 Å². The van der Waals surface area contributed by atoms with Crippen molar-refractivity contribution in [3.63, 3.8) is 0 Å². The molecule has 8 nitrogen and oxygen atoms in total. The Hall–Kier alpha value is -1.78. The van der Waals surface area contributed by atoms with E-state index in [-0.39, 0.29) is 22.7 Å². The molecule has 2 aromatic heterocycles. The first-order valence-corrected chi connectivity index (χ1v) is 10.1. The van der Waals surface area contributed by atoms with Gasteiger partial charge in [-0.15, -0.1) is 21.5 Å². The predicted molar refractivity (Wildman–Crippen MR) is 89.0 cm³/mol. The van der Waals surface area contributed by atoms with E-state index in [1.807, 2.05) is 4.57 Å². The van der Waals surface area contributed by atoms with Gasteiger partial charge >= 0.3 is 0 Å². The van der Waals surface area contributed by atoms with Crippen LogP contribution in [0.3, 0.4) is 0 Å². The number of hydrogen-bond acceptors (Lipinski definition) is 6. The Labute approximate surface area is 144 Å². The highest BCUT2D eigenvalue weighted by Crippen LogP contribution is 2.27. The molecule has 0 saturated heterocycles. The van der Waals surface area contributed by atoms with E-state index < -0.39 is 10.0 Å². The number of rotatable bonds is 6. The van der Waals surface area contributed by atoms with Crippen LogP contribution < -0.4 is 10.0 Å². The fraction of sp³-hybridized carbons (Fsp3) is 0.500. The number of amides is 1. The van der Waals surface area contributed by atoms with E-state index in [9.17, 15) is 13.2 Å². The minimum Gasteiger partial charge on any atom is -0.352 e. The Kier molecular flexibility index (Phi) is 5.27. The molecule has 1 fully saturated rings. The molecule has 1 amide bonds. The summed E-state index contributed by atoms with van der Waals surface area (Å²) < 4.78 is 28.5. The number of carbonyl (C=O) groups is 1. The van der Waals surface area contributed by atoms with Crippen LogP contribution in [0.1, 0.15) is 31.7 Å². The maximum atomic E-state index is 12.0. The fourth-order valence-electron chi connectivity index (χ4n) is 2.84. The number of carbonyl (C=O) groups excluding carboxylic acids is 1. The molecule has 1 saturated carbocycles. The first kappa shape index (κ1) is 17.1. The standard InChI is InChI=1S/C14H19N5O3S2/c20-13(8-17-24(21,22)14-2-1-7-23-14)18-11-3-5-12(6-4-11)19-9-15-16-10-19/h1-2,7,9-12,17H,3-6,8H2,(H,18,20). The van der Waals surface area contributed by atoms with Crippen LogP contribution in [-0.4, -0.2) is 41.7 Å². The lowest BCUT2D eigenvalue weighted by atomic mass is 9.91. The highest BCUT2D eigenvalue weighted by molar-refractivity contribution is 7.91. The SMILES string of the molecule is O=C(CNS(=O)(=O)c1cccs1)NC1CCC(n2cnnc2)CC1. The zero-order valence-electron chi connectivity index (χ0n) is 13.0. The topological polar surface area (TPSA) is 106 Å². The molecule has 0 bridgehead atoms. The van der Waals surface area contributed by atoms with Crippen molar-refractivity contribution < 1.29 is 13.2 Å². The molecule has 0 aromatic carbocycles. The highest BCUT2D eigenvalue weighted by Gasteiger charge is 2.24. The monoisotopic (exact) mass is 369 g/mol. The third-order valence-corrected chi connectivity index (χ3v) is 6.90. The molecule has 2 aromatic rings. The van der Waals surface area contributed by atoms with E-state index in [0.717, 1.165) is 37.0 Å². The van der Waals surface area contributed by atoms with Crippen molar-refractivity contribution in [3.8, 4) is 0 Å². The van der Waals surface area contributed by atoms with Gasteiger partial charge in [0.05, 0.1) is 6.54 Å². The van der Waals surface area contributed by atoms with E-state index in [2.05, 4.69) is 20.2 Å². The third-order valence-electron chi connectivity index (χ3n) is 4.10. The van der Waals surface area contributed by atoms with Gasteiger partial charge in [0.25, 0.3) is 10.0 Å². The maximum Gasteiger partial charge on any atom is 0.250 e. The second kappa shape index (κ2) is 7.41. The zero-order valence-corrected chi connectivity index (χ0v) is 14.6. The molecular formula is C14H19N5O3S2. The normalized spacial score (nSPS) is 21.5. The Morgan fingerprint density at radius 1 is 1.25 bits per heavy atom. The smallest absolute Gasteiger partial charge is 0.250 e. The van der Waals surface area contributed by atoms with Gasteiger partial charge in [0.2, 0.25) is 5.91 Å². The molecule has 10 heteroatoms. The molecule has 1 aliphatic rings. The van der Waals surface area contributed by atoms with Crippen molar-refractivity contribution in [1.29, 1.82) is 0 Å². The molecule has 0 atom stereocenters. The van der Waals surface area contributed by atoms with Crippen molar-refractivity contribution in [1.82, 2.24) is 24.8 Å². The van der Waals surface area contributed by atoms with Gasteiger partial charge < -0.3 is 9.88 Å². The summed E-state index contributed by atoms with van der Waals surface area (Å²) in [6.07, 6.45) is 7.00.